The Balaban J connectivity index is 3.17. The second-order valence-corrected chi connectivity index (χ2v) is 4.32. The lowest BCUT2D eigenvalue weighted by Gasteiger charge is -2.28. The Morgan fingerprint density at radius 1 is 1.25 bits per heavy atom. The highest BCUT2D eigenvalue weighted by Crippen LogP contribution is 2.30. The molecular formula is C12H11F4NO3. The number of carbonyl (C=O) groups is 2. The summed E-state index contributed by atoms with van der Waals surface area (Å²) in [6.07, 6.45) is -5.23. The average Bonchev–Trinajstić information content (AvgIpc) is 2.30. The lowest BCUT2D eigenvalue weighted by atomic mass is 10.0. The first-order chi connectivity index (χ1) is 9.00. The van der Waals surface area contributed by atoms with E-state index in [1.807, 2.05) is 0 Å². The molecule has 0 saturated carbocycles. The van der Waals surface area contributed by atoms with Crippen molar-refractivity contribution >= 4 is 11.9 Å². The Morgan fingerprint density at radius 2 is 1.80 bits per heavy atom. The molecule has 1 aromatic carbocycles. The van der Waals surface area contributed by atoms with Crippen LogP contribution in [0.2, 0.25) is 0 Å². The number of nitrogens with one attached hydrogen (secondary N) is 1. The summed E-state index contributed by atoms with van der Waals surface area (Å²) in [6.45, 7) is 1.62. The van der Waals surface area contributed by atoms with Crippen LogP contribution in [0.15, 0.2) is 18.2 Å². The van der Waals surface area contributed by atoms with Crippen molar-refractivity contribution in [2.45, 2.75) is 25.6 Å². The van der Waals surface area contributed by atoms with E-state index in [0.29, 0.717) is 6.92 Å². The van der Waals surface area contributed by atoms with E-state index in [0.717, 1.165) is 6.07 Å². The van der Waals surface area contributed by atoms with Crippen molar-refractivity contribution in [2.75, 3.05) is 0 Å². The number of benzene rings is 1. The van der Waals surface area contributed by atoms with Crippen LogP contribution in [-0.4, -0.2) is 28.7 Å². The van der Waals surface area contributed by atoms with E-state index in [-0.39, 0.29) is 5.56 Å². The van der Waals surface area contributed by atoms with Gasteiger partial charge in [0, 0.05) is 0 Å². The van der Waals surface area contributed by atoms with Crippen LogP contribution in [0.4, 0.5) is 17.6 Å². The van der Waals surface area contributed by atoms with Gasteiger partial charge in [-0.2, -0.15) is 13.2 Å². The number of hydrogen-bond donors (Lipinski definition) is 2. The second-order valence-electron chi connectivity index (χ2n) is 4.32. The highest BCUT2D eigenvalue weighted by Gasteiger charge is 2.58. The number of carboxylic acids is 1. The zero-order valence-electron chi connectivity index (χ0n) is 10.5. The molecule has 20 heavy (non-hydrogen) atoms. The smallest absolute Gasteiger partial charge is 0.422 e. The van der Waals surface area contributed by atoms with Gasteiger partial charge >= 0.3 is 12.1 Å². The standard InChI is InChI=1S/C12H11F4NO3/c1-6-4-3-5-7(8(6)13)9(18)17-11(2,10(19)20)12(14,15)16/h3-5H,1-2H3,(H,17,18)(H,19,20). The summed E-state index contributed by atoms with van der Waals surface area (Å²) in [5, 5.41) is 9.97. The summed E-state index contributed by atoms with van der Waals surface area (Å²) in [5.74, 6) is -4.74. The van der Waals surface area contributed by atoms with E-state index < -0.39 is 35.0 Å². The van der Waals surface area contributed by atoms with E-state index in [2.05, 4.69) is 0 Å². The number of rotatable bonds is 3. The third-order valence-electron chi connectivity index (χ3n) is 2.79. The molecule has 8 heteroatoms. The van der Waals surface area contributed by atoms with Crippen molar-refractivity contribution in [1.82, 2.24) is 5.32 Å². The molecule has 0 saturated heterocycles. The first kappa shape index (κ1) is 15.9. The summed E-state index contributed by atoms with van der Waals surface area (Å²) in [6, 6.07) is 3.57. The van der Waals surface area contributed by atoms with E-state index in [4.69, 9.17) is 5.11 Å². The third-order valence-corrected chi connectivity index (χ3v) is 2.79. The quantitative estimate of drug-likeness (QED) is 0.840. The molecule has 1 unspecified atom stereocenters. The molecule has 0 aliphatic rings. The molecular weight excluding hydrogens is 282 g/mol. The predicted octanol–water partition coefficient (Wildman–Crippen LogP) is 2.27. The number of carbonyl (C=O) groups excluding carboxylic acids is 1. The van der Waals surface area contributed by atoms with Crippen LogP contribution in [-0.2, 0) is 4.79 Å². The number of hydrogen-bond acceptors (Lipinski definition) is 2. The Morgan fingerprint density at radius 3 is 2.25 bits per heavy atom. The monoisotopic (exact) mass is 293 g/mol. The number of aliphatic carboxylic acids is 1. The normalized spacial score (nSPS) is 14.5. The SMILES string of the molecule is Cc1cccc(C(=O)NC(C)(C(=O)O)C(F)(F)F)c1F. The van der Waals surface area contributed by atoms with Gasteiger partial charge in [0.15, 0.2) is 0 Å². The molecule has 0 heterocycles. The van der Waals surface area contributed by atoms with Gasteiger partial charge < -0.3 is 10.4 Å². The number of halogens is 4. The number of aryl methyl sites for hydroxylation is 1. The maximum Gasteiger partial charge on any atom is 0.422 e. The number of amides is 1. The third kappa shape index (κ3) is 2.73. The number of carboxylic acid groups (broad SMARTS) is 1. The van der Waals surface area contributed by atoms with Crippen LogP contribution in [0.3, 0.4) is 0 Å². The van der Waals surface area contributed by atoms with E-state index >= 15 is 0 Å². The van der Waals surface area contributed by atoms with Crippen molar-refractivity contribution < 1.29 is 32.3 Å². The van der Waals surface area contributed by atoms with Gasteiger partial charge in [-0.25, -0.2) is 9.18 Å². The molecule has 1 amide bonds. The van der Waals surface area contributed by atoms with Crippen molar-refractivity contribution in [2.24, 2.45) is 0 Å². The molecule has 1 atom stereocenters. The predicted molar refractivity (Wildman–Crippen MR) is 60.7 cm³/mol. The van der Waals surface area contributed by atoms with Gasteiger partial charge in [0.25, 0.3) is 5.91 Å². The van der Waals surface area contributed by atoms with Gasteiger partial charge in [-0.1, -0.05) is 12.1 Å². The zero-order valence-corrected chi connectivity index (χ0v) is 10.5. The Hall–Kier alpha value is -2.12. The van der Waals surface area contributed by atoms with Crippen molar-refractivity contribution in [3.8, 4) is 0 Å². The minimum absolute atomic E-state index is 0.0571. The van der Waals surface area contributed by atoms with Gasteiger partial charge in [-0.05, 0) is 25.5 Å². The highest BCUT2D eigenvalue weighted by molar-refractivity contribution is 5.98. The molecule has 0 aliphatic carbocycles. The minimum Gasteiger partial charge on any atom is -0.479 e. The molecule has 4 nitrogen and oxygen atoms in total. The highest BCUT2D eigenvalue weighted by atomic mass is 19.4. The van der Waals surface area contributed by atoms with Crippen molar-refractivity contribution in [3.05, 3.63) is 35.1 Å². The van der Waals surface area contributed by atoms with Crippen LogP contribution in [0.25, 0.3) is 0 Å². The molecule has 1 aromatic rings. The Kier molecular flexibility index (Phi) is 4.07. The molecule has 0 radical (unpaired) electrons. The lowest BCUT2D eigenvalue weighted by molar-refractivity contribution is -0.203. The summed E-state index contributed by atoms with van der Waals surface area (Å²) in [5.41, 5.74) is -4.09. The van der Waals surface area contributed by atoms with Crippen LogP contribution >= 0.6 is 0 Å². The Bertz CT molecular complexity index is 556. The second kappa shape index (κ2) is 5.10. The molecule has 110 valence electrons. The van der Waals surface area contributed by atoms with Gasteiger partial charge in [0.05, 0.1) is 5.56 Å². The first-order valence-corrected chi connectivity index (χ1v) is 5.38. The Labute approximate surface area is 111 Å². The van der Waals surface area contributed by atoms with Crippen molar-refractivity contribution in [3.63, 3.8) is 0 Å². The molecule has 0 spiro atoms. The van der Waals surface area contributed by atoms with Crippen LogP contribution in [0, 0.1) is 12.7 Å². The summed E-state index contributed by atoms with van der Waals surface area (Å²) in [4.78, 5) is 22.4. The zero-order chi connectivity index (χ0) is 15.7. The fourth-order valence-corrected chi connectivity index (χ4v) is 1.36. The largest absolute Gasteiger partial charge is 0.479 e. The number of alkyl halides is 3. The molecule has 0 fully saturated rings. The summed E-state index contributed by atoms with van der Waals surface area (Å²) >= 11 is 0. The van der Waals surface area contributed by atoms with E-state index in [9.17, 15) is 27.2 Å². The fraction of sp³-hybridized carbons (Fsp3) is 0.333. The first-order valence-electron chi connectivity index (χ1n) is 5.38. The lowest BCUT2D eigenvalue weighted by Crippen LogP contribution is -2.62. The molecule has 0 bridgehead atoms. The van der Waals surface area contributed by atoms with Crippen LogP contribution in [0.1, 0.15) is 22.8 Å². The molecule has 0 aliphatic heterocycles. The summed E-state index contributed by atoms with van der Waals surface area (Å²) in [7, 11) is 0. The summed E-state index contributed by atoms with van der Waals surface area (Å²) < 4.78 is 51.8. The van der Waals surface area contributed by atoms with Crippen molar-refractivity contribution in [1.29, 1.82) is 0 Å². The molecule has 1 rings (SSSR count). The van der Waals surface area contributed by atoms with E-state index in [1.165, 1.54) is 24.4 Å². The van der Waals surface area contributed by atoms with E-state index in [1.54, 1.807) is 0 Å². The van der Waals surface area contributed by atoms with Crippen LogP contribution in [0.5, 0.6) is 0 Å². The van der Waals surface area contributed by atoms with Gasteiger partial charge in [-0.15, -0.1) is 0 Å². The van der Waals surface area contributed by atoms with Crippen LogP contribution < -0.4 is 5.32 Å². The fourth-order valence-electron chi connectivity index (χ4n) is 1.36. The maximum absolute atomic E-state index is 13.6. The topological polar surface area (TPSA) is 66.4 Å². The molecule has 2 N–H and O–H groups in total. The van der Waals surface area contributed by atoms with Gasteiger partial charge in [0.2, 0.25) is 5.54 Å². The minimum atomic E-state index is -5.23. The van der Waals surface area contributed by atoms with Gasteiger partial charge in [-0.3, -0.25) is 4.79 Å². The molecule has 0 aromatic heterocycles. The average molecular weight is 293 g/mol. The maximum atomic E-state index is 13.6. The van der Waals surface area contributed by atoms with Gasteiger partial charge in [0.1, 0.15) is 5.82 Å².